The number of nitrogen functional groups attached to an aromatic ring is 1. The molecule has 1 heterocycles. The average molecular weight is 299 g/mol. The minimum atomic E-state index is -0.401. The standard InChI is InChI=1S/C14H19ClN2O3/c1-2-20-14(18)11-8-10(16)9-12(15)13(11)17-4-3-6-19-7-5-17/h8-9H,2-7,16H2,1H3. The number of hydrogen-bond acceptors (Lipinski definition) is 5. The summed E-state index contributed by atoms with van der Waals surface area (Å²) in [6.45, 7) is 4.89. The van der Waals surface area contributed by atoms with E-state index in [1.165, 1.54) is 0 Å². The first-order valence-corrected chi connectivity index (χ1v) is 7.10. The molecule has 110 valence electrons. The van der Waals surface area contributed by atoms with E-state index in [2.05, 4.69) is 4.90 Å². The van der Waals surface area contributed by atoms with E-state index in [0.717, 1.165) is 19.6 Å². The first kappa shape index (κ1) is 14.9. The molecule has 2 N–H and O–H groups in total. The molecule has 2 rings (SSSR count). The lowest BCUT2D eigenvalue weighted by atomic mass is 10.1. The SMILES string of the molecule is CCOC(=O)c1cc(N)cc(Cl)c1N1CCCOCC1. The van der Waals surface area contributed by atoms with E-state index in [1.807, 2.05) is 0 Å². The molecule has 1 aliphatic rings. The van der Waals surface area contributed by atoms with Gasteiger partial charge in [0.1, 0.15) is 0 Å². The fraction of sp³-hybridized carbons (Fsp3) is 0.500. The number of carbonyl (C=O) groups is 1. The van der Waals surface area contributed by atoms with Gasteiger partial charge >= 0.3 is 5.97 Å². The fourth-order valence-electron chi connectivity index (χ4n) is 2.28. The monoisotopic (exact) mass is 298 g/mol. The van der Waals surface area contributed by atoms with E-state index in [9.17, 15) is 4.79 Å². The zero-order chi connectivity index (χ0) is 14.5. The second-order valence-electron chi connectivity index (χ2n) is 4.57. The van der Waals surface area contributed by atoms with E-state index in [1.54, 1.807) is 19.1 Å². The Balaban J connectivity index is 2.40. The Bertz CT molecular complexity index is 486. The molecule has 1 aromatic carbocycles. The van der Waals surface area contributed by atoms with Crippen molar-refractivity contribution in [3.63, 3.8) is 0 Å². The maximum atomic E-state index is 12.1. The van der Waals surface area contributed by atoms with Crippen molar-refractivity contribution in [3.8, 4) is 0 Å². The van der Waals surface area contributed by atoms with Gasteiger partial charge in [-0.3, -0.25) is 0 Å². The molecule has 0 radical (unpaired) electrons. The Morgan fingerprint density at radius 3 is 3.00 bits per heavy atom. The number of ether oxygens (including phenoxy) is 2. The summed E-state index contributed by atoms with van der Waals surface area (Å²) in [5.41, 5.74) is 7.34. The molecule has 0 amide bonds. The molecule has 6 heteroatoms. The van der Waals surface area contributed by atoms with Gasteiger partial charge in [-0.05, 0) is 25.5 Å². The highest BCUT2D eigenvalue weighted by Gasteiger charge is 2.22. The van der Waals surface area contributed by atoms with E-state index >= 15 is 0 Å². The third kappa shape index (κ3) is 3.35. The van der Waals surface area contributed by atoms with Gasteiger partial charge in [-0.25, -0.2) is 4.79 Å². The van der Waals surface area contributed by atoms with Crippen LogP contribution in [0.5, 0.6) is 0 Å². The lowest BCUT2D eigenvalue weighted by molar-refractivity contribution is 0.0527. The Kier molecular flexibility index (Phi) is 5.09. The molecule has 5 nitrogen and oxygen atoms in total. The lowest BCUT2D eigenvalue weighted by Gasteiger charge is -2.25. The van der Waals surface area contributed by atoms with Crippen LogP contribution >= 0.6 is 11.6 Å². The smallest absolute Gasteiger partial charge is 0.340 e. The van der Waals surface area contributed by atoms with Crippen LogP contribution < -0.4 is 10.6 Å². The fourth-order valence-corrected chi connectivity index (χ4v) is 2.62. The second kappa shape index (κ2) is 6.81. The molecule has 1 saturated heterocycles. The van der Waals surface area contributed by atoms with Crippen molar-refractivity contribution in [3.05, 3.63) is 22.7 Å². The molecular weight excluding hydrogens is 280 g/mol. The van der Waals surface area contributed by atoms with Crippen LogP contribution in [-0.4, -0.2) is 38.9 Å². The van der Waals surface area contributed by atoms with E-state index in [0.29, 0.717) is 41.7 Å². The maximum absolute atomic E-state index is 12.1. The van der Waals surface area contributed by atoms with Gasteiger partial charge in [0, 0.05) is 25.4 Å². The molecule has 0 unspecified atom stereocenters. The highest BCUT2D eigenvalue weighted by molar-refractivity contribution is 6.34. The molecule has 0 aliphatic carbocycles. The van der Waals surface area contributed by atoms with Crippen LogP contribution in [0.3, 0.4) is 0 Å². The predicted molar refractivity (Wildman–Crippen MR) is 79.5 cm³/mol. The Hall–Kier alpha value is -1.46. The number of carbonyl (C=O) groups excluding carboxylic acids is 1. The topological polar surface area (TPSA) is 64.8 Å². The van der Waals surface area contributed by atoms with E-state index < -0.39 is 5.97 Å². The molecule has 1 aliphatic heterocycles. The van der Waals surface area contributed by atoms with E-state index in [-0.39, 0.29) is 0 Å². The van der Waals surface area contributed by atoms with Crippen LogP contribution in [0.1, 0.15) is 23.7 Å². The summed E-state index contributed by atoms with van der Waals surface area (Å²) in [7, 11) is 0. The number of anilines is 2. The van der Waals surface area contributed by atoms with Gasteiger partial charge < -0.3 is 20.1 Å². The van der Waals surface area contributed by atoms with Gasteiger partial charge in [0.15, 0.2) is 0 Å². The number of hydrogen-bond donors (Lipinski definition) is 1. The minimum Gasteiger partial charge on any atom is -0.462 e. The summed E-state index contributed by atoms with van der Waals surface area (Å²) in [6, 6.07) is 3.27. The highest BCUT2D eigenvalue weighted by atomic mass is 35.5. The van der Waals surface area contributed by atoms with Gasteiger partial charge in [0.2, 0.25) is 0 Å². The Morgan fingerprint density at radius 2 is 2.25 bits per heavy atom. The summed E-state index contributed by atoms with van der Waals surface area (Å²) >= 11 is 6.30. The summed E-state index contributed by atoms with van der Waals surface area (Å²) in [4.78, 5) is 14.2. The lowest BCUT2D eigenvalue weighted by Crippen LogP contribution is -2.28. The summed E-state index contributed by atoms with van der Waals surface area (Å²) in [5.74, 6) is -0.401. The van der Waals surface area contributed by atoms with E-state index in [4.69, 9.17) is 26.8 Å². The van der Waals surface area contributed by atoms with Gasteiger partial charge in [0.25, 0.3) is 0 Å². The van der Waals surface area contributed by atoms with Crippen LogP contribution in [0.25, 0.3) is 0 Å². The van der Waals surface area contributed by atoms with Crippen LogP contribution in [0.2, 0.25) is 5.02 Å². The van der Waals surface area contributed by atoms with Crippen LogP contribution in [0, 0.1) is 0 Å². The third-order valence-electron chi connectivity index (χ3n) is 3.12. The number of halogens is 1. The molecule has 0 aromatic heterocycles. The first-order valence-electron chi connectivity index (χ1n) is 6.72. The van der Waals surface area contributed by atoms with Crippen molar-refractivity contribution in [2.24, 2.45) is 0 Å². The van der Waals surface area contributed by atoms with Crippen molar-refractivity contribution >= 4 is 28.9 Å². The summed E-state index contributed by atoms with van der Waals surface area (Å²) in [5, 5.41) is 0.468. The normalized spacial score (nSPS) is 15.8. The number of benzene rings is 1. The molecule has 0 saturated carbocycles. The highest BCUT2D eigenvalue weighted by Crippen LogP contribution is 2.33. The Morgan fingerprint density at radius 1 is 1.45 bits per heavy atom. The quantitative estimate of drug-likeness (QED) is 0.685. The van der Waals surface area contributed by atoms with Gasteiger partial charge in [-0.2, -0.15) is 0 Å². The molecule has 20 heavy (non-hydrogen) atoms. The third-order valence-corrected chi connectivity index (χ3v) is 3.41. The molecule has 1 fully saturated rings. The molecule has 0 bridgehead atoms. The predicted octanol–water partition coefficient (Wildman–Crippen LogP) is 2.33. The number of nitrogens with zero attached hydrogens (tertiary/aromatic N) is 1. The van der Waals surface area contributed by atoms with Crippen LogP contribution in [0.4, 0.5) is 11.4 Å². The minimum absolute atomic E-state index is 0.313. The van der Waals surface area contributed by atoms with Crippen molar-refractivity contribution in [2.45, 2.75) is 13.3 Å². The summed E-state index contributed by atoms with van der Waals surface area (Å²) in [6.07, 6.45) is 0.892. The largest absolute Gasteiger partial charge is 0.462 e. The van der Waals surface area contributed by atoms with Gasteiger partial charge in [-0.1, -0.05) is 11.6 Å². The molecule has 0 spiro atoms. The average Bonchev–Trinajstić information content (AvgIpc) is 2.67. The maximum Gasteiger partial charge on any atom is 0.340 e. The number of nitrogens with two attached hydrogens (primary N) is 1. The zero-order valence-corrected chi connectivity index (χ0v) is 12.3. The van der Waals surface area contributed by atoms with Crippen molar-refractivity contribution in [1.82, 2.24) is 0 Å². The Labute approximate surface area is 123 Å². The van der Waals surface area contributed by atoms with Crippen molar-refractivity contribution < 1.29 is 14.3 Å². The molecule has 1 aromatic rings. The van der Waals surface area contributed by atoms with Gasteiger partial charge in [0.05, 0.1) is 29.5 Å². The molecular formula is C14H19ClN2O3. The molecule has 0 atom stereocenters. The zero-order valence-electron chi connectivity index (χ0n) is 11.5. The number of esters is 1. The van der Waals surface area contributed by atoms with Gasteiger partial charge in [-0.15, -0.1) is 0 Å². The second-order valence-corrected chi connectivity index (χ2v) is 4.98. The number of rotatable bonds is 3. The summed E-state index contributed by atoms with van der Waals surface area (Å²) < 4.78 is 10.5. The van der Waals surface area contributed by atoms with Crippen LogP contribution in [0.15, 0.2) is 12.1 Å². The van der Waals surface area contributed by atoms with Crippen molar-refractivity contribution in [2.75, 3.05) is 43.5 Å². The first-order chi connectivity index (χ1) is 9.63. The van der Waals surface area contributed by atoms with Crippen molar-refractivity contribution in [1.29, 1.82) is 0 Å². The van der Waals surface area contributed by atoms with Crippen LogP contribution in [-0.2, 0) is 9.47 Å².